The summed E-state index contributed by atoms with van der Waals surface area (Å²) in [4.78, 5) is 10.9. The van der Waals surface area contributed by atoms with E-state index >= 15 is 0 Å². The van der Waals surface area contributed by atoms with E-state index in [2.05, 4.69) is 5.32 Å². The quantitative estimate of drug-likeness (QED) is 0.596. The molecule has 3 heteroatoms. The first-order valence-corrected chi connectivity index (χ1v) is 3.08. The molecule has 1 fully saturated rings. The van der Waals surface area contributed by atoms with E-state index in [4.69, 9.17) is 5.11 Å². The highest BCUT2D eigenvalue weighted by atomic mass is 16.3. The van der Waals surface area contributed by atoms with Crippen LogP contribution in [-0.2, 0) is 4.79 Å². The lowest BCUT2D eigenvalue weighted by Crippen LogP contribution is -2.30. The molecule has 0 aliphatic heterocycles. The summed E-state index contributed by atoms with van der Waals surface area (Å²) < 4.78 is 0. The van der Waals surface area contributed by atoms with Crippen molar-refractivity contribution in [1.29, 1.82) is 0 Å². The molecular formula is C8H19NO2. The molecule has 1 saturated carbocycles. The Morgan fingerprint density at radius 2 is 2.00 bits per heavy atom. The van der Waals surface area contributed by atoms with Crippen molar-refractivity contribution in [3.05, 3.63) is 0 Å². The second-order valence-electron chi connectivity index (χ2n) is 2.72. The van der Waals surface area contributed by atoms with E-state index in [1.165, 1.54) is 0 Å². The van der Waals surface area contributed by atoms with Crippen LogP contribution in [0.2, 0.25) is 0 Å². The Balaban J connectivity index is 0. The van der Waals surface area contributed by atoms with E-state index < -0.39 is 0 Å². The Kier molecular flexibility index (Phi) is 5.15. The van der Waals surface area contributed by atoms with Gasteiger partial charge in [0.05, 0.1) is 0 Å². The predicted molar refractivity (Wildman–Crippen MR) is 46.0 cm³/mol. The summed E-state index contributed by atoms with van der Waals surface area (Å²) in [6.45, 7) is 1.66. The van der Waals surface area contributed by atoms with Gasteiger partial charge >= 0.3 is 0 Å². The summed E-state index contributed by atoms with van der Waals surface area (Å²) in [6, 6.07) is 0. The normalized spacial score (nSPS) is 17.3. The molecule has 11 heavy (non-hydrogen) atoms. The summed E-state index contributed by atoms with van der Waals surface area (Å²) in [6.07, 6.45) is 1.91. The summed E-state index contributed by atoms with van der Waals surface area (Å²) in [5, 5.41) is 10.7. The summed E-state index contributed by atoms with van der Waals surface area (Å²) in [7, 11) is 0. The fraction of sp³-hybridized carbons (Fsp3) is 0.875. The molecule has 1 aliphatic rings. The number of rotatable bonds is 2. The lowest BCUT2D eigenvalue weighted by molar-refractivity contribution is -0.126. The van der Waals surface area contributed by atoms with Crippen LogP contribution in [0.5, 0.6) is 0 Å². The first kappa shape index (κ1) is 13.1. The average Bonchev–Trinajstić information content (AvgIpc) is 2.50. The van der Waals surface area contributed by atoms with Gasteiger partial charge in [-0.2, -0.15) is 0 Å². The molecule has 0 unspecified atom stereocenters. The largest absolute Gasteiger partial charge is 0.377 e. The predicted octanol–water partition coefficient (Wildman–Crippen LogP) is 1.12. The average molecular weight is 161 g/mol. The number of nitrogens with one attached hydrogen (secondary N) is 1. The molecule has 0 bridgehead atoms. The number of carbonyl (C=O) groups excluding carboxylic acids is 1. The van der Waals surface area contributed by atoms with Gasteiger partial charge in [-0.05, 0) is 12.8 Å². The smallest absolute Gasteiger partial charge is 0.227 e. The number of carbonyl (C=O) groups is 1. The van der Waals surface area contributed by atoms with Crippen molar-refractivity contribution in [3.8, 4) is 0 Å². The van der Waals surface area contributed by atoms with E-state index in [1.54, 1.807) is 0 Å². The van der Waals surface area contributed by atoms with Crippen molar-refractivity contribution < 1.29 is 9.90 Å². The van der Waals surface area contributed by atoms with Gasteiger partial charge in [0.1, 0.15) is 6.73 Å². The first-order valence-electron chi connectivity index (χ1n) is 3.08. The first-order chi connectivity index (χ1) is 4.19. The third-order valence-corrected chi connectivity index (χ3v) is 1.79. The van der Waals surface area contributed by atoms with Crippen molar-refractivity contribution in [2.75, 3.05) is 6.73 Å². The maximum atomic E-state index is 10.9. The van der Waals surface area contributed by atoms with Gasteiger partial charge in [0.2, 0.25) is 5.91 Å². The highest BCUT2D eigenvalue weighted by Crippen LogP contribution is 2.44. The van der Waals surface area contributed by atoms with Crippen LogP contribution < -0.4 is 5.32 Å². The summed E-state index contributed by atoms with van der Waals surface area (Å²) >= 11 is 0. The van der Waals surface area contributed by atoms with Crippen LogP contribution in [0.4, 0.5) is 0 Å². The minimum absolute atomic E-state index is 0. The van der Waals surface area contributed by atoms with E-state index in [1.807, 2.05) is 6.92 Å². The van der Waals surface area contributed by atoms with Gasteiger partial charge in [0.15, 0.2) is 0 Å². The van der Waals surface area contributed by atoms with E-state index in [0.29, 0.717) is 0 Å². The molecule has 0 atom stereocenters. The molecule has 1 amide bonds. The van der Waals surface area contributed by atoms with Gasteiger partial charge in [0, 0.05) is 5.41 Å². The molecule has 0 heterocycles. The van der Waals surface area contributed by atoms with Crippen LogP contribution >= 0.6 is 0 Å². The molecule has 1 rings (SSSR count). The van der Waals surface area contributed by atoms with Gasteiger partial charge in [-0.25, -0.2) is 0 Å². The fourth-order valence-electron chi connectivity index (χ4n) is 0.700. The van der Waals surface area contributed by atoms with Crippen molar-refractivity contribution in [3.63, 3.8) is 0 Å². The topological polar surface area (TPSA) is 49.3 Å². The van der Waals surface area contributed by atoms with Crippen molar-refractivity contribution in [2.45, 2.75) is 34.6 Å². The van der Waals surface area contributed by atoms with Crippen molar-refractivity contribution >= 4 is 5.91 Å². The van der Waals surface area contributed by atoms with Crippen LogP contribution in [0.3, 0.4) is 0 Å². The maximum Gasteiger partial charge on any atom is 0.227 e. The minimum Gasteiger partial charge on any atom is -0.377 e. The lowest BCUT2D eigenvalue weighted by Gasteiger charge is -2.05. The van der Waals surface area contributed by atoms with Gasteiger partial charge < -0.3 is 10.4 Å². The standard InChI is InChI=1S/C6H11NO2.2CH4/c1-6(2-3-6)5(9)7-4-8;;/h8H,2-4H2,1H3,(H,7,9);2*1H4. The molecule has 0 saturated heterocycles. The molecule has 0 spiro atoms. The zero-order valence-corrected chi connectivity index (χ0v) is 5.48. The zero-order valence-electron chi connectivity index (χ0n) is 5.48. The minimum atomic E-state index is -0.242. The number of amides is 1. The molecule has 68 valence electrons. The van der Waals surface area contributed by atoms with Crippen LogP contribution in [0.1, 0.15) is 34.6 Å². The maximum absolute atomic E-state index is 10.9. The fourth-order valence-corrected chi connectivity index (χ4v) is 0.700. The zero-order chi connectivity index (χ0) is 6.91. The van der Waals surface area contributed by atoms with E-state index in [9.17, 15) is 4.79 Å². The van der Waals surface area contributed by atoms with Gasteiger partial charge in [0.25, 0.3) is 0 Å². The van der Waals surface area contributed by atoms with Gasteiger partial charge in [-0.15, -0.1) is 0 Å². The Morgan fingerprint density at radius 3 is 2.27 bits per heavy atom. The number of hydrogen-bond acceptors (Lipinski definition) is 2. The monoisotopic (exact) mass is 161 g/mol. The Bertz CT molecular complexity index is 130. The molecular weight excluding hydrogens is 142 g/mol. The molecule has 0 aromatic carbocycles. The van der Waals surface area contributed by atoms with E-state index in [-0.39, 0.29) is 32.9 Å². The molecule has 1 aliphatic carbocycles. The van der Waals surface area contributed by atoms with Gasteiger partial charge in [-0.3, -0.25) is 4.79 Å². The van der Waals surface area contributed by atoms with Gasteiger partial charge in [-0.1, -0.05) is 21.8 Å². The Hall–Kier alpha value is -0.570. The number of aliphatic hydroxyl groups excluding tert-OH is 1. The van der Waals surface area contributed by atoms with Crippen molar-refractivity contribution in [2.24, 2.45) is 5.41 Å². The lowest BCUT2D eigenvalue weighted by atomic mass is 10.1. The van der Waals surface area contributed by atoms with Crippen LogP contribution in [-0.4, -0.2) is 17.7 Å². The molecule has 2 N–H and O–H groups in total. The second kappa shape index (κ2) is 4.34. The van der Waals surface area contributed by atoms with E-state index in [0.717, 1.165) is 12.8 Å². The molecule has 3 nitrogen and oxygen atoms in total. The third-order valence-electron chi connectivity index (χ3n) is 1.79. The second-order valence-corrected chi connectivity index (χ2v) is 2.72. The third kappa shape index (κ3) is 2.89. The molecule has 0 radical (unpaired) electrons. The molecule has 0 aromatic rings. The highest BCUT2D eigenvalue weighted by molar-refractivity contribution is 5.84. The van der Waals surface area contributed by atoms with Crippen molar-refractivity contribution in [1.82, 2.24) is 5.32 Å². The SMILES string of the molecule is C.C.CC1(C(=O)NCO)CC1. The summed E-state index contributed by atoms with van der Waals surface area (Å²) in [5.74, 6) is -0.0231. The number of hydrogen-bond donors (Lipinski definition) is 2. The molecule has 0 aromatic heterocycles. The van der Waals surface area contributed by atoms with Crippen LogP contribution in [0, 0.1) is 5.41 Å². The summed E-state index contributed by atoms with van der Waals surface area (Å²) in [5.41, 5.74) is -0.150. The highest BCUT2D eigenvalue weighted by Gasteiger charge is 2.44. The Morgan fingerprint density at radius 1 is 1.55 bits per heavy atom. The number of aliphatic hydroxyl groups is 1. The Labute approximate surface area is 68.8 Å². The van der Waals surface area contributed by atoms with Crippen LogP contribution in [0.15, 0.2) is 0 Å². The van der Waals surface area contributed by atoms with Crippen LogP contribution in [0.25, 0.3) is 0 Å².